The molecule has 4 aromatic rings. The van der Waals surface area contributed by atoms with Crippen LogP contribution in [-0.2, 0) is 12.8 Å². The number of nitrogens with one attached hydrogen (secondary N) is 1. The first kappa shape index (κ1) is 33.4. The van der Waals surface area contributed by atoms with Gasteiger partial charge in [0, 0.05) is 66.3 Å². The predicted octanol–water partition coefficient (Wildman–Crippen LogP) is 6.19. The molecule has 0 spiro atoms. The molecule has 5 heterocycles. The van der Waals surface area contributed by atoms with Gasteiger partial charge < -0.3 is 15.3 Å². The maximum absolute atomic E-state index is 15.6. The van der Waals surface area contributed by atoms with Crippen LogP contribution in [0.2, 0.25) is 0 Å². The van der Waals surface area contributed by atoms with E-state index in [1.165, 1.54) is 0 Å². The zero-order valence-electron chi connectivity index (χ0n) is 27.1. The van der Waals surface area contributed by atoms with E-state index in [-0.39, 0.29) is 36.5 Å². The lowest BCUT2D eigenvalue weighted by Gasteiger charge is -2.59. The minimum Gasteiger partial charge on any atom is -0.380 e. The van der Waals surface area contributed by atoms with Crippen LogP contribution < -0.4 is 5.32 Å². The fourth-order valence-electron chi connectivity index (χ4n) is 7.80. The van der Waals surface area contributed by atoms with Crippen LogP contribution >= 0.6 is 0 Å². The Labute approximate surface area is 280 Å². The van der Waals surface area contributed by atoms with Gasteiger partial charge in [-0.1, -0.05) is 19.9 Å². The van der Waals surface area contributed by atoms with Crippen LogP contribution in [0.25, 0.3) is 22.2 Å². The second-order valence-corrected chi connectivity index (χ2v) is 14.1. The molecule has 2 saturated heterocycles. The van der Waals surface area contributed by atoms with Gasteiger partial charge in [-0.2, -0.15) is 23.4 Å². The molecular weight excluding hydrogens is 643 g/mol. The highest BCUT2D eigenvalue weighted by atomic mass is 19.4. The molecule has 0 radical (unpaired) electrons. The smallest absolute Gasteiger partial charge is 0.380 e. The number of aromatic nitrogens is 4. The molecule has 13 heteroatoms. The number of fused-ring (bicyclic) bond motifs is 4. The molecule has 8 rings (SSSR count). The number of rotatable bonds is 8. The molecule has 258 valence electrons. The first-order chi connectivity index (χ1) is 23.2. The molecule has 2 aliphatic heterocycles. The van der Waals surface area contributed by atoms with Crippen molar-refractivity contribution in [1.29, 1.82) is 0 Å². The van der Waals surface area contributed by atoms with Gasteiger partial charge in [0.05, 0.1) is 24.1 Å². The molecule has 49 heavy (non-hydrogen) atoms. The normalized spacial score (nSPS) is 25.9. The highest BCUT2D eigenvalue weighted by Crippen LogP contribution is 2.56. The minimum absolute atomic E-state index is 0.0600. The van der Waals surface area contributed by atoms with Gasteiger partial charge in [-0.25, -0.2) is 13.8 Å². The predicted molar refractivity (Wildman–Crippen MR) is 172 cm³/mol. The Kier molecular flexibility index (Phi) is 8.41. The Bertz CT molecular complexity index is 1860. The van der Waals surface area contributed by atoms with Crippen molar-refractivity contribution in [3.8, 4) is 11.3 Å². The lowest BCUT2D eigenvalue weighted by atomic mass is 9.57. The Hall–Kier alpha value is -4.10. The summed E-state index contributed by atoms with van der Waals surface area (Å²) >= 11 is 0. The molecule has 2 aliphatic carbocycles. The van der Waals surface area contributed by atoms with Gasteiger partial charge in [-0.15, -0.1) is 0 Å². The van der Waals surface area contributed by atoms with Gasteiger partial charge in [-0.3, -0.25) is 9.78 Å². The molecular formula is C36H37F5N6O2. The second-order valence-electron chi connectivity index (χ2n) is 14.1. The molecule has 1 aromatic carbocycles. The number of amides is 1. The highest BCUT2D eigenvalue weighted by molar-refractivity contribution is 5.98. The summed E-state index contributed by atoms with van der Waals surface area (Å²) < 4.78 is 71.9. The Morgan fingerprint density at radius 1 is 1.10 bits per heavy atom. The van der Waals surface area contributed by atoms with E-state index in [4.69, 9.17) is 0 Å². The Balaban J connectivity index is 1.13. The van der Waals surface area contributed by atoms with E-state index in [0.29, 0.717) is 60.1 Å². The van der Waals surface area contributed by atoms with E-state index in [0.717, 1.165) is 11.6 Å². The fraction of sp³-hybridized carbons (Fsp3) is 0.472. The maximum Gasteiger partial charge on any atom is 0.417 e. The number of halogens is 5. The number of alkyl halides is 4. The van der Waals surface area contributed by atoms with Crippen molar-refractivity contribution in [2.75, 3.05) is 19.6 Å². The largest absolute Gasteiger partial charge is 0.417 e. The zero-order chi connectivity index (χ0) is 34.7. The number of carbonyl (C=O) groups is 1. The number of hydrogen-bond acceptors (Lipinski definition) is 7. The van der Waals surface area contributed by atoms with Gasteiger partial charge in [0.1, 0.15) is 17.0 Å². The minimum atomic E-state index is -4.69. The van der Waals surface area contributed by atoms with Crippen molar-refractivity contribution in [3.05, 3.63) is 83.2 Å². The SMILES string of the molecule is CC(C)[C@]1(F)CCc2nc3c(F)cc(C(=O)N[C@H](CCN4CC5CC(C4)C5(O)C(F)(F)F)c4ccc(-c5ccnnc5)nc4)cc3cc2C1. The number of piperidine rings is 2. The highest BCUT2D eigenvalue weighted by Gasteiger charge is 2.71. The lowest BCUT2D eigenvalue weighted by molar-refractivity contribution is -0.351. The van der Waals surface area contributed by atoms with Crippen molar-refractivity contribution < 1.29 is 31.9 Å². The van der Waals surface area contributed by atoms with E-state index in [1.807, 2.05) is 18.7 Å². The topological polar surface area (TPSA) is 104 Å². The third-order valence-corrected chi connectivity index (χ3v) is 10.9. The molecule has 4 aliphatic rings. The van der Waals surface area contributed by atoms with Crippen molar-refractivity contribution >= 4 is 16.8 Å². The van der Waals surface area contributed by atoms with Crippen molar-refractivity contribution in [3.63, 3.8) is 0 Å². The second kappa shape index (κ2) is 12.3. The van der Waals surface area contributed by atoms with Crippen molar-refractivity contribution in [2.24, 2.45) is 17.8 Å². The van der Waals surface area contributed by atoms with Crippen LogP contribution in [0.5, 0.6) is 0 Å². The van der Waals surface area contributed by atoms with Gasteiger partial charge >= 0.3 is 6.18 Å². The van der Waals surface area contributed by atoms with E-state index >= 15 is 8.78 Å². The maximum atomic E-state index is 15.6. The zero-order valence-corrected chi connectivity index (χ0v) is 27.1. The summed E-state index contributed by atoms with van der Waals surface area (Å²) in [6.45, 7) is 4.21. The van der Waals surface area contributed by atoms with Crippen LogP contribution in [0.15, 0.2) is 55.0 Å². The standard InChI is InChI=1S/C36H37F5N6O2/c1-20(2)34(38)8-5-30-25(15-34)12-23-11-24(13-28(37)32(23)45-30)33(48)46-31(21-3-4-29(42-16-21)22-6-9-43-44-17-22)7-10-47-18-26-14-27(19-47)35(26,49)36(39,40)41/h3-4,6,9,11-13,16-17,20,26-27,31,49H,5,7-8,10,14-15,18-19H2,1-2H3,(H,46,48)/t26?,27?,31-,34+,35?/m1/s1. The number of nitrogens with zero attached hydrogens (tertiary/aromatic N) is 5. The van der Waals surface area contributed by atoms with Crippen LogP contribution in [-0.4, -0.2) is 73.2 Å². The monoisotopic (exact) mass is 680 g/mol. The van der Waals surface area contributed by atoms with E-state index in [2.05, 4.69) is 25.5 Å². The molecule has 1 saturated carbocycles. The number of benzene rings is 1. The van der Waals surface area contributed by atoms with E-state index < -0.39 is 47.0 Å². The molecule has 2 N–H and O–H groups in total. The summed E-state index contributed by atoms with van der Waals surface area (Å²) in [5, 5.41) is 21.4. The third kappa shape index (κ3) is 6.05. The van der Waals surface area contributed by atoms with Crippen LogP contribution in [0.1, 0.15) is 66.3 Å². The average molecular weight is 681 g/mol. The molecule has 1 amide bonds. The third-order valence-electron chi connectivity index (χ3n) is 10.9. The summed E-state index contributed by atoms with van der Waals surface area (Å²) in [7, 11) is 0. The Morgan fingerprint density at radius 2 is 1.88 bits per heavy atom. The number of aryl methyl sites for hydroxylation is 1. The molecule has 3 aromatic heterocycles. The lowest BCUT2D eigenvalue weighted by Crippen LogP contribution is -2.73. The number of aliphatic hydroxyl groups is 1. The average Bonchev–Trinajstić information content (AvgIpc) is 3.08. The molecule has 4 atom stereocenters. The first-order valence-electron chi connectivity index (χ1n) is 16.6. The number of hydrogen-bond donors (Lipinski definition) is 2. The van der Waals surface area contributed by atoms with Crippen LogP contribution in [0.3, 0.4) is 0 Å². The fourth-order valence-corrected chi connectivity index (χ4v) is 7.80. The first-order valence-corrected chi connectivity index (χ1v) is 16.6. The summed E-state index contributed by atoms with van der Waals surface area (Å²) in [6, 6.07) is 9.13. The van der Waals surface area contributed by atoms with Gasteiger partial charge in [0.25, 0.3) is 5.91 Å². The summed E-state index contributed by atoms with van der Waals surface area (Å²) in [5.74, 6) is -3.22. The van der Waals surface area contributed by atoms with Crippen molar-refractivity contribution in [2.45, 2.75) is 69.4 Å². The van der Waals surface area contributed by atoms with Crippen molar-refractivity contribution in [1.82, 2.24) is 30.4 Å². The summed E-state index contributed by atoms with van der Waals surface area (Å²) in [6.07, 6.45) is 1.58. The van der Waals surface area contributed by atoms with E-state index in [1.54, 1.807) is 48.9 Å². The molecule has 8 nitrogen and oxygen atoms in total. The molecule has 2 bridgehead atoms. The Morgan fingerprint density at radius 3 is 2.53 bits per heavy atom. The molecule has 2 unspecified atom stereocenters. The quantitative estimate of drug-likeness (QED) is 0.214. The summed E-state index contributed by atoms with van der Waals surface area (Å²) in [5.41, 5.74) is -0.467. The molecule has 3 fully saturated rings. The van der Waals surface area contributed by atoms with Gasteiger partial charge in [0.15, 0.2) is 5.60 Å². The van der Waals surface area contributed by atoms with E-state index in [9.17, 15) is 23.1 Å². The van der Waals surface area contributed by atoms with Crippen LogP contribution in [0.4, 0.5) is 22.0 Å². The number of pyridine rings is 2. The van der Waals surface area contributed by atoms with Crippen LogP contribution in [0, 0.1) is 23.6 Å². The van der Waals surface area contributed by atoms with Gasteiger partial charge in [-0.05, 0) is 73.1 Å². The van der Waals surface area contributed by atoms with Gasteiger partial charge in [0.2, 0.25) is 0 Å². The number of carbonyl (C=O) groups excluding carboxylic acids is 1. The summed E-state index contributed by atoms with van der Waals surface area (Å²) in [4.78, 5) is 24.7.